The molecule has 1 amide bonds. The maximum absolute atomic E-state index is 13.2. The van der Waals surface area contributed by atoms with Crippen molar-refractivity contribution in [3.8, 4) is 5.75 Å². The van der Waals surface area contributed by atoms with Gasteiger partial charge in [0.15, 0.2) is 0 Å². The summed E-state index contributed by atoms with van der Waals surface area (Å²) in [6, 6.07) is 16.6. The van der Waals surface area contributed by atoms with Gasteiger partial charge in [0.2, 0.25) is 0 Å². The van der Waals surface area contributed by atoms with Crippen molar-refractivity contribution >= 4 is 23.6 Å². The lowest BCUT2D eigenvalue weighted by Gasteiger charge is -2.17. The number of methoxy groups -OCH3 is 1. The number of nitrogens with zero attached hydrogens (tertiary/aromatic N) is 1. The van der Waals surface area contributed by atoms with E-state index in [4.69, 9.17) is 9.47 Å². The third-order valence-electron chi connectivity index (χ3n) is 4.30. The number of carbonyl (C=O) groups is 2. The molecule has 0 saturated heterocycles. The molecular formula is C22H21NO4. The first kappa shape index (κ1) is 18.5. The number of ether oxygens (including phenoxy) is 2. The predicted molar refractivity (Wildman–Crippen MR) is 104 cm³/mol. The van der Waals surface area contributed by atoms with E-state index in [-0.39, 0.29) is 18.1 Å². The summed E-state index contributed by atoms with van der Waals surface area (Å²) in [6.07, 6.45) is 1.70. The quantitative estimate of drug-likeness (QED) is 0.596. The van der Waals surface area contributed by atoms with Gasteiger partial charge in [-0.05, 0) is 49.8 Å². The Bertz CT molecular complexity index is 928. The Hall–Kier alpha value is -3.34. The number of hydrogen-bond acceptors (Lipinski definition) is 4. The van der Waals surface area contributed by atoms with E-state index in [1.807, 2.05) is 54.6 Å². The fourth-order valence-corrected chi connectivity index (χ4v) is 3.07. The van der Waals surface area contributed by atoms with E-state index < -0.39 is 5.97 Å². The van der Waals surface area contributed by atoms with Crippen LogP contribution in [0.2, 0.25) is 0 Å². The van der Waals surface area contributed by atoms with Crippen LogP contribution in [0.15, 0.2) is 71.4 Å². The molecule has 0 bridgehead atoms. The van der Waals surface area contributed by atoms with Gasteiger partial charge in [-0.25, -0.2) is 4.79 Å². The zero-order valence-corrected chi connectivity index (χ0v) is 15.6. The molecule has 1 heterocycles. The van der Waals surface area contributed by atoms with Crippen molar-refractivity contribution in [2.75, 3.05) is 18.6 Å². The Labute approximate surface area is 158 Å². The Morgan fingerprint density at radius 2 is 1.85 bits per heavy atom. The van der Waals surface area contributed by atoms with Crippen molar-refractivity contribution in [1.82, 2.24) is 0 Å². The lowest BCUT2D eigenvalue weighted by atomic mass is 10.0. The van der Waals surface area contributed by atoms with Gasteiger partial charge in [0.05, 0.1) is 24.9 Å². The smallest absolute Gasteiger partial charge is 0.340 e. The number of anilines is 1. The van der Waals surface area contributed by atoms with E-state index in [0.717, 1.165) is 5.56 Å². The largest absolute Gasteiger partial charge is 0.497 e. The van der Waals surface area contributed by atoms with Crippen LogP contribution < -0.4 is 9.64 Å². The van der Waals surface area contributed by atoms with Gasteiger partial charge in [-0.1, -0.05) is 30.3 Å². The number of amides is 1. The second kappa shape index (κ2) is 7.91. The van der Waals surface area contributed by atoms with E-state index >= 15 is 0 Å². The molecule has 27 heavy (non-hydrogen) atoms. The van der Waals surface area contributed by atoms with Gasteiger partial charge in [-0.2, -0.15) is 0 Å². The molecular weight excluding hydrogens is 342 g/mol. The van der Waals surface area contributed by atoms with E-state index in [9.17, 15) is 9.59 Å². The van der Waals surface area contributed by atoms with Crippen molar-refractivity contribution in [3.05, 3.63) is 77.0 Å². The Kier molecular flexibility index (Phi) is 5.41. The van der Waals surface area contributed by atoms with Gasteiger partial charge in [0.1, 0.15) is 5.75 Å². The zero-order valence-electron chi connectivity index (χ0n) is 15.6. The number of para-hydroxylation sites is 1. The highest BCUT2D eigenvalue weighted by atomic mass is 16.5. The van der Waals surface area contributed by atoms with Crippen LogP contribution in [0.25, 0.3) is 6.08 Å². The number of rotatable bonds is 5. The van der Waals surface area contributed by atoms with Crippen LogP contribution in [0, 0.1) is 0 Å². The second-order valence-corrected chi connectivity index (χ2v) is 5.99. The summed E-state index contributed by atoms with van der Waals surface area (Å²) in [7, 11) is 1.58. The summed E-state index contributed by atoms with van der Waals surface area (Å²) in [5.74, 6) is -0.0893. The summed E-state index contributed by atoms with van der Waals surface area (Å²) in [5.41, 5.74) is 2.62. The summed E-state index contributed by atoms with van der Waals surface area (Å²) in [6.45, 7) is 3.73. The fourth-order valence-electron chi connectivity index (χ4n) is 3.07. The first-order valence-electron chi connectivity index (χ1n) is 8.70. The monoisotopic (exact) mass is 363 g/mol. The summed E-state index contributed by atoms with van der Waals surface area (Å²) >= 11 is 0. The molecule has 0 saturated carbocycles. The van der Waals surface area contributed by atoms with Crippen LogP contribution in [-0.4, -0.2) is 25.6 Å². The molecule has 0 aromatic heterocycles. The molecule has 5 heteroatoms. The molecule has 1 aliphatic heterocycles. The minimum Gasteiger partial charge on any atom is -0.497 e. The molecule has 3 rings (SSSR count). The molecule has 0 unspecified atom stereocenters. The topological polar surface area (TPSA) is 55.8 Å². The molecule has 0 N–H and O–H groups in total. The van der Waals surface area contributed by atoms with Crippen molar-refractivity contribution in [3.63, 3.8) is 0 Å². The maximum Gasteiger partial charge on any atom is 0.340 e. The molecule has 2 aromatic carbocycles. The first-order chi connectivity index (χ1) is 13.1. The lowest BCUT2D eigenvalue weighted by Crippen LogP contribution is -2.24. The lowest BCUT2D eigenvalue weighted by molar-refractivity contribution is -0.138. The SMILES string of the molecule is CCOC(=O)C1=C(C)N(c2ccccc2)C(=O)/C1=C\c1cccc(OC)c1. The molecule has 5 nitrogen and oxygen atoms in total. The average molecular weight is 363 g/mol. The summed E-state index contributed by atoms with van der Waals surface area (Å²) in [4.78, 5) is 27.3. The number of carbonyl (C=O) groups excluding carboxylic acids is 2. The molecule has 0 fully saturated rings. The molecule has 0 spiro atoms. The predicted octanol–water partition coefficient (Wildman–Crippen LogP) is 3.96. The van der Waals surface area contributed by atoms with Gasteiger partial charge in [-0.15, -0.1) is 0 Å². The fraction of sp³-hybridized carbons (Fsp3) is 0.182. The van der Waals surface area contributed by atoms with Crippen LogP contribution in [0.3, 0.4) is 0 Å². The van der Waals surface area contributed by atoms with Crippen molar-refractivity contribution < 1.29 is 19.1 Å². The van der Waals surface area contributed by atoms with E-state index in [1.54, 1.807) is 27.0 Å². The standard InChI is InChI=1S/C22H21NO4/c1-4-27-22(25)20-15(2)23(17-10-6-5-7-11-17)21(24)19(20)14-16-9-8-12-18(13-16)26-3/h5-14H,4H2,1-3H3/b19-14-. The van der Waals surface area contributed by atoms with E-state index in [1.165, 1.54) is 4.90 Å². The Morgan fingerprint density at radius 1 is 1.11 bits per heavy atom. The highest BCUT2D eigenvalue weighted by Gasteiger charge is 2.37. The molecule has 0 aliphatic carbocycles. The van der Waals surface area contributed by atoms with Crippen molar-refractivity contribution in [2.24, 2.45) is 0 Å². The number of esters is 1. The molecule has 2 aromatic rings. The number of hydrogen-bond donors (Lipinski definition) is 0. The van der Waals surface area contributed by atoms with Crippen LogP contribution in [-0.2, 0) is 14.3 Å². The van der Waals surface area contributed by atoms with Crippen molar-refractivity contribution in [1.29, 1.82) is 0 Å². The summed E-state index contributed by atoms with van der Waals surface area (Å²) < 4.78 is 10.4. The molecule has 138 valence electrons. The minimum atomic E-state index is -0.504. The third-order valence-corrected chi connectivity index (χ3v) is 4.30. The normalized spacial score (nSPS) is 15.4. The Balaban J connectivity index is 2.12. The second-order valence-electron chi connectivity index (χ2n) is 5.99. The molecule has 0 atom stereocenters. The van der Waals surface area contributed by atoms with Gasteiger partial charge in [0.25, 0.3) is 5.91 Å². The number of benzene rings is 2. The van der Waals surface area contributed by atoms with Gasteiger partial charge in [0, 0.05) is 11.4 Å². The van der Waals surface area contributed by atoms with Crippen LogP contribution >= 0.6 is 0 Å². The van der Waals surface area contributed by atoms with Crippen LogP contribution in [0.5, 0.6) is 5.75 Å². The first-order valence-corrected chi connectivity index (χ1v) is 8.70. The highest BCUT2D eigenvalue weighted by molar-refractivity contribution is 6.23. The van der Waals surface area contributed by atoms with Crippen molar-refractivity contribution in [2.45, 2.75) is 13.8 Å². The van der Waals surface area contributed by atoms with Gasteiger partial charge in [-0.3, -0.25) is 9.69 Å². The minimum absolute atomic E-state index is 0.238. The van der Waals surface area contributed by atoms with Crippen LogP contribution in [0.1, 0.15) is 19.4 Å². The number of allylic oxidation sites excluding steroid dienone is 1. The molecule has 1 aliphatic rings. The molecule has 0 radical (unpaired) electrons. The van der Waals surface area contributed by atoms with Gasteiger partial charge < -0.3 is 9.47 Å². The van der Waals surface area contributed by atoms with E-state index in [0.29, 0.717) is 22.7 Å². The highest BCUT2D eigenvalue weighted by Crippen LogP contribution is 2.35. The van der Waals surface area contributed by atoms with Gasteiger partial charge >= 0.3 is 5.97 Å². The Morgan fingerprint density at radius 3 is 2.52 bits per heavy atom. The maximum atomic E-state index is 13.2. The third kappa shape index (κ3) is 3.62. The average Bonchev–Trinajstić information content (AvgIpc) is 2.92. The zero-order chi connectivity index (χ0) is 19.4. The summed E-state index contributed by atoms with van der Waals surface area (Å²) in [5, 5.41) is 0. The van der Waals surface area contributed by atoms with Crippen LogP contribution in [0.4, 0.5) is 5.69 Å². The van der Waals surface area contributed by atoms with E-state index in [2.05, 4.69) is 0 Å².